The maximum Gasteiger partial charge on any atom is 0.337 e. The van der Waals surface area contributed by atoms with Crippen LogP contribution in [0.3, 0.4) is 0 Å². The summed E-state index contributed by atoms with van der Waals surface area (Å²) in [7, 11) is 2.05. The number of halogens is 1. The third kappa shape index (κ3) is 3.14. The van der Waals surface area contributed by atoms with E-state index in [1.807, 2.05) is 7.05 Å². The minimum atomic E-state index is -1.15. The quantitative estimate of drug-likeness (QED) is 0.720. The molecule has 2 rings (SSSR count). The molecule has 1 fully saturated rings. The number of rotatable bonds is 4. The van der Waals surface area contributed by atoms with Crippen molar-refractivity contribution in [3.63, 3.8) is 0 Å². The molecule has 0 aromatic heterocycles. The molecule has 0 amide bonds. The van der Waals surface area contributed by atoms with Crippen molar-refractivity contribution < 1.29 is 14.3 Å². The van der Waals surface area contributed by atoms with Crippen molar-refractivity contribution in [2.45, 2.75) is 6.42 Å². The van der Waals surface area contributed by atoms with Crippen LogP contribution in [0.4, 0.5) is 15.8 Å². The second kappa shape index (κ2) is 5.44. The number of carboxylic acid groups (broad SMARTS) is 1. The Morgan fingerprint density at radius 3 is 2.95 bits per heavy atom. The van der Waals surface area contributed by atoms with Gasteiger partial charge >= 0.3 is 5.97 Å². The number of nitrogens with zero attached hydrogens (tertiary/aromatic N) is 1. The summed E-state index contributed by atoms with van der Waals surface area (Å²) < 4.78 is 13.7. The van der Waals surface area contributed by atoms with Crippen LogP contribution in [0.5, 0.6) is 0 Å². The molecule has 1 unspecified atom stereocenters. The molecule has 1 saturated heterocycles. The lowest BCUT2D eigenvalue weighted by Gasteiger charge is -2.14. The summed E-state index contributed by atoms with van der Waals surface area (Å²) in [6, 6.07) is 2.30. The maximum atomic E-state index is 13.7. The van der Waals surface area contributed by atoms with Crippen LogP contribution >= 0.6 is 0 Å². The molecule has 0 radical (unpaired) electrons. The summed E-state index contributed by atoms with van der Waals surface area (Å²) in [5.74, 6) is -1.22. The van der Waals surface area contributed by atoms with Crippen LogP contribution in [0.2, 0.25) is 0 Å². The van der Waals surface area contributed by atoms with E-state index in [0.29, 0.717) is 12.5 Å². The molecule has 0 spiro atoms. The maximum absolute atomic E-state index is 13.7. The number of anilines is 2. The Balaban J connectivity index is 2.07. The fraction of sp³-hybridized carbons (Fsp3) is 0.462. The first-order valence-electron chi connectivity index (χ1n) is 6.22. The van der Waals surface area contributed by atoms with Crippen LogP contribution in [0, 0.1) is 11.7 Å². The summed E-state index contributed by atoms with van der Waals surface area (Å²) in [5.41, 5.74) is 5.53. The third-order valence-corrected chi connectivity index (χ3v) is 3.44. The van der Waals surface area contributed by atoms with Crippen LogP contribution in [0.25, 0.3) is 0 Å². The van der Waals surface area contributed by atoms with E-state index < -0.39 is 11.8 Å². The standard InChI is InChI=1S/C13H18FN3O2/c1-17-3-2-8(7-17)6-16-12-4-9(13(18)19)11(15)5-10(12)14/h4-5,8,16H,2-3,6-7,15H2,1H3,(H,18,19). The zero-order chi connectivity index (χ0) is 14.0. The van der Waals surface area contributed by atoms with Crippen LogP contribution in [-0.2, 0) is 0 Å². The van der Waals surface area contributed by atoms with E-state index in [0.717, 1.165) is 25.6 Å². The lowest BCUT2D eigenvalue weighted by atomic mass is 10.1. The first-order chi connectivity index (χ1) is 8.97. The number of nitrogens with one attached hydrogen (secondary N) is 1. The summed E-state index contributed by atoms with van der Waals surface area (Å²) in [6.07, 6.45) is 1.06. The van der Waals surface area contributed by atoms with Gasteiger partial charge in [0.2, 0.25) is 0 Å². The zero-order valence-corrected chi connectivity index (χ0v) is 10.8. The molecule has 1 aliphatic rings. The molecule has 0 aliphatic carbocycles. The molecule has 1 aromatic carbocycles. The van der Waals surface area contributed by atoms with Gasteiger partial charge in [-0.05, 0) is 38.1 Å². The van der Waals surface area contributed by atoms with Crippen LogP contribution in [0.15, 0.2) is 12.1 Å². The number of carbonyl (C=O) groups is 1. The molecule has 6 heteroatoms. The number of hydrogen-bond acceptors (Lipinski definition) is 4. The lowest BCUT2D eigenvalue weighted by molar-refractivity contribution is 0.0698. The molecule has 1 aliphatic heterocycles. The van der Waals surface area contributed by atoms with E-state index in [1.54, 1.807) is 0 Å². The summed E-state index contributed by atoms with van der Waals surface area (Å²) in [6.45, 7) is 2.64. The molecule has 0 bridgehead atoms. The Hall–Kier alpha value is -1.82. The van der Waals surface area contributed by atoms with E-state index >= 15 is 0 Å². The molecule has 1 aromatic rings. The summed E-state index contributed by atoms with van der Waals surface area (Å²) in [5, 5.41) is 11.9. The summed E-state index contributed by atoms with van der Waals surface area (Å²) >= 11 is 0. The average molecular weight is 267 g/mol. The third-order valence-electron chi connectivity index (χ3n) is 3.44. The van der Waals surface area contributed by atoms with Gasteiger partial charge in [-0.1, -0.05) is 0 Å². The van der Waals surface area contributed by atoms with Gasteiger partial charge < -0.3 is 21.1 Å². The van der Waals surface area contributed by atoms with E-state index in [9.17, 15) is 9.18 Å². The van der Waals surface area contributed by atoms with Gasteiger partial charge in [0.05, 0.1) is 11.3 Å². The second-order valence-electron chi connectivity index (χ2n) is 5.02. The van der Waals surface area contributed by atoms with Crippen molar-refractivity contribution in [2.24, 2.45) is 5.92 Å². The van der Waals surface area contributed by atoms with Crippen LogP contribution in [-0.4, -0.2) is 42.7 Å². The number of carboxylic acids is 1. The van der Waals surface area contributed by atoms with E-state index in [-0.39, 0.29) is 16.9 Å². The van der Waals surface area contributed by atoms with Crippen molar-refractivity contribution in [1.82, 2.24) is 4.90 Å². The van der Waals surface area contributed by atoms with E-state index in [1.165, 1.54) is 6.07 Å². The topological polar surface area (TPSA) is 78.6 Å². The Morgan fingerprint density at radius 2 is 2.37 bits per heavy atom. The van der Waals surface area contributed by atoms with Gasteiger partial charge in [-0.2, -0.15) is 0 Å². The first kappa shape index (κ1) is 13.6. The van der Waals surface area contributed by atoms with Gasteiger partial charge in [0.15, 0.2) is 0 Å². The molecule has 0 saturated carbocycles. The second-order valence-corrected chi connectivity index (χ2v) is 5.02. The van der Waals surface area contributed by atoms with E-state index in [2.05, 4.69) is 10.2 Å². The smallest absolute Gasteiger partial charge is 0.337 e. The Bertz CT molecular complexity index is 493. The number of nitrogen functional groups attached to an aromatic ring is 1. The number of hydrogen-bond donors (Lipinski definition) is 3. The van der Waals surface area contributed by atoms with Gasteiger partial charge in [-0.15, -0.1) is 0 Å². The normalized spacial score (nSPS) is 19.6. The molecule has 1 atom stereocenters. The summed E-state index contributed by atoms with van der Waals surface area (Å²) in [4.78, 5) is 13.2. The minimum Gasteiger partial charge on any atom is -0.478 e. The van der Waals surface area contributed by atoms with Gasteiger partial charge in [0, 0.05) is 18.8 Å². The SMILES string of the molecule is CN1CCC(CNc2cc(C(=O)O)c(N)cc2F)C1. The predicted octanol–water partition coefficient (Wildman–Crippen LogP) is 1.47. The molecule has 5 nitrogen and oxygen atoms in total. The van der Waals surface area contributed by atoms with Gasteiger partial charge in [0.25, 0.3) is 0 Å². The number of aromatic carboxylic acids is 1. The number of likely N-dealkylation sites (tertiary alicyclic amines) is 1. The zero-order valence-electron chi connectivity index (χ0n) is 10.8. The highest BCUT2D eigenvalue weighted by Gasteiger charge is 2.20. The molecular formula is C13H18FN3O2. The first-order valence-corrected chi connectivity index (χ1v) is 6.22. The minimum absolute atomic E-state index is 0.0591. The van der Waals surface area contributed by atoms with Crippen molar-refractivity contribution in [1.29, 1.82) is 0 Å². The number of nitrogens with two attached hydrogens (primary N) is 1. The van der Waals surface area contributed by atoms with Gasteiger partial charge in [-0.3, -0.25) is 0 Å². The fourth-order valence-corrected chi connectivity index (χ4v) is 2.36. The Kier molecular flexibility index (Phi) is 3.90. The largest absolute Gasteiger partial charge is 0.478 e. The fourth-order valence-electron chi connectivity index (χ4n) is 2.36. The molecule has 1 heterocycles. The predicted molar refractivity (Wildman–Crippen MR) is 71.9 cm³/mol. The Morgan fingerprint density at radius 1 is 1.63 bits per heavy atom. The molecular weight excluding hydrogens is 249 g/mol. The average Bonchev–Trinajstić information content (AvgIpc) is 2.73. The molecule has 104 valence electrons. The van der Waals surface area contributed by atoms with Gasteiger partial charge in [0.1, 0.15) is 5.82 Å². The Labute approximate surface area is 111 Å². The van der Waals surface area contributed by atoms with Crippen LogP contribution in [0.1, 0.15) is 16.8 Å². The number of benzene rings is 1. The highest BCUT2D eigenvalue weighted by Crippen LogP contribution is 2.23. The molecule has 19 heavy (non-hydrogen) atoms. The van der Waals surface area contributed by atoms with Crippen molar-refractivity contribution in [2.75, 3.05) is 37.7 Å². The van der Waals surface area contributed by atoms with Crippen molar-refractivity contribution in [3.05, 3.63) is 23.5 Å². The highest BCUT2D eigenvalue weighted by molar-refractivity contribution is 5.94. The highest BCUT2D eigenvalue weighted by atomic mass is 19.1. The lowest BCUT2D eigenvalue weighted by Crippen LogP contribution is -2.19. The van der Waals surface area contributed by atoms with Crippen molar-refractivity contribution >= 4 is 17.3 Å². The van der Waals surface area contributed by atoms with Gasteiger partial charge in [-0.25, -0.2) is 9.18 Å². The molecule has 4 N–H and O–H groups in total. The monoisotopic (exact) mass is 267 g/mol. The van der Waals surface area contributed by atoms with E-state index in [4.69, 9.17) is 10.8 Å². The van der Waals surface area contributed by atoms with Crippen LogP contribution < -0.4 is 11.1 Å². The van der Waals surface area contributed by atoms with Crippen molar-refractivity contribution in [3.8, 4) is 0 Å².